The van der Waals surface area contributed by atoms with E-state index >= 15 is 0 Å². The average Bonchev–Trinajstić information content (AvgIpc) is 2.72. The van der Waals surface area contributed by atoms with Gasteiger partial charge in [-0.15, -0.1) is 0 Å². The minimum Gasteiger partial charge on any atom is -0.379 e. The first-order valence-electron chi connectivity index (χ1n) is 5.81. The van der Waals surface area contributed by atoms with Gasteiger partial charge in [0.2, 0.25) is 0 Å². The lowest BCUT2D eigenvalue weighted by Gasteiger charge is -2.06. The second kappa shape index (κ2) is 5.16. The Morgan fingerprint density at radius 1 is 1.22 bits per heavy atom. The van der Waals surface area contributed by atoms with Crippen molar-refractivity contribution in [3.05, 3.63) is 47.3 Å². The Balaban J connectivity index is 2.06. The molecule has 1 N–H and O–H groups in total. The lowest BCUT2D eigenvalue weighted by Crippen LogP contribution is -2.05. The predicted molar refractivity (Wildman–Crippen MR) is 66.3 cm³/mol. The number of nitrogens with one attached hydrogen (secondary N) is 1. The van der Waals surface area contributed by atoms with Crippen LogP contribution in [0.1, 0.15) is 18.3 Å². The van der Waals surface area contributed by atoms with Crippen molar-refractivity contribution in [2.24, 2.45) is 7.05 Å². The van der Waals surface area contributed by atoms with Gasteiger partial charge in [-0.1, -0.05) is 6.92 Å². The van der Waals surface area contributed by atoms with Crippen LogP contribution in [0.2, 0.25) is 0 Å². The summed E-state index contributed by atoms with van der Waals surface area (Å²) in [6.45, 7) is 2.56. The van der Waals surface area contributed by atoms with Gasteiger partial charge in [-0.25, -0.2) is 8.78 Å². The highest BCUT2D eigenvalue weighted by atomic mass is 19.2. The molecule has 0 aliphatic rings. The van der Waals surface area contributed by atoms with Crippen molar-refractivity contribution >= 4 is 5.69 Å². The third-order valence-electron chi connectivity index (χ3n) is 2.78. The molecule has 2 aromatic rings. The first-order valence-corrected chi connectivity index (χ1v) is 5.81. The molecule has 5 heteroatoms. The van der Waals surface area contributed by atoms with Crippen molar-refractivity contribution in [2.75, 3.05) is 5.32 Å². The monoisotopic (exact) mass is 251 g/mol. The fourth-order valence-corrected chi connectivity index (χ4v) is 1.71. The number of halogens is 2. The average molecular weight is 251 g/mol. The molecule has 2 rings (SSSR count). The third kappa shape index (κ3) is 2.67. The lowest BCUT2D eigenvalue weighted by atomic mass is 10.2. The molecule has 0 fully saturated rings. The summed E-state index contributed by atoms with van der Waals surface area (Å²) in [6, 6.07) is 5.76. The smallest absolute Gasteiger partial charge is 0.160 e. The fourth-order valence-electron chi connectivity index (χ4n) is 1.71. The summed E-state index contributed by atoms with van der Waals surface area (Å²) in [7, 11) is 1.86. The second-order valence-electron chi connectivity index (χ2n) is 4.09. The standard InChI is InChI=1S/C13H15F2N3/c1-3-9-6-11(18(2)17-9)8-16-10-4-5-12(14)13(15)7-10/h4-7,16H,3,8H2,1-2H3. The first kappa shape index (κ1) is 12.5. The van der Waals surface area contributed by atoms with Gasteiger partial charge in [-0.05, 0) is 24.6 Å². The zero-order valence-electron chi connectivity index (χ0n) is 10.4. The van der Waals surface area contributed by atoms with Crippen molar-refractivity contribution < 1.29 is 8.78 Å². The number of nitrogens with zero attached hydrogens (tertiary/aromatic N) is 2. The van der Waals surface area contributed by atoms with Crippen LogP contribution in [0.4, 0.5) is 14.5 Å². The summed E-state index contributed by atoms with van der Waals surface area (Å²) >= 11 is 0. The van der Waals surface area contributed by atoms with Crippen LogP contribution < -0.4 is 5.32 Å². The van der Waals surface area contributed by atoms with Gasteiger partial charge in [0.05, 0.1) is 17.9 Å². The molecule has 1 heterocycles. The Bertz CT molecular complexity index is 549. The maximum atomic E-state index is 13.0. The molecular formula is C13H15F2N3. The van der Waals surface area contributed by atoms with Crippen molar-refractivity contribution in [1.82, 2.24) is 9.78 Å². The van der Waals surface area contributed by atoms with E-state index in [9.17, 15) is 8.78 Å². The molecule has 0 unspecified atom stereocenters. The highest BCUT2D eigenvalue weighted by molar-refractivity contribution is 5.43. The van der Waals surface area contributed by atoms with Crippen LogP contribution in [0.5, 0.6) is 0 Å². The van der Waals surface area contributed by atoms with Crippen LogP contribution in [0.15, 0.2) is 24.3 Å². The summed E-state index contributed by atoms with van der Waals surface area (Å²) in [6.07, 6.45) is 0.874. The Kier molecular flexibility index (Phi) is 3.60. The quantitative estimate of drug-likeness (QED) is 0.905. The third-order valence-corrected chi connectivity index (χ3v) is 2.78. The van der Waals surface area contributed by atoms with Crippen molar-refractivity contribution in [3.63, 3.8) is 0 Å². The van der Waals surface area contributed by atoms with Crippen LogP contribution in [-0.4, -0.2) is 9.78 Å². The normalized spacial score (nSPS) is 10.7. The maximum absolute atomic E-state index is 13.0. The van der Waals surface area contributed by atoms with Gasteiger partial charge in [0.15, 0.2) is 11.6 Å². The Morgan fingerprint density at radius 3 is 2.61 bits per heavy atom. The molecule has 0 atom stereocenters. The summed E-state index contributed by atoms with van der Waals surface area (Å²) < 4.78 is 27.6. The van der Waals surface area contributed by atoms with E-state index in [0.717, 1.165) is 29.9 Å². The molecule has 0 radical (unpaired) electrons. The van der Waals surface area contributed by atoms with E-state index in [-0.39, 0.29) is 0 Å². The number of hydrogen-bond acceptors (Lipinski definition) is 2. The van der Waals surface area contributed by atoms with Gasteiger partial charge in [0.1, 0.15) is 0 Å². The Hall–Kier alpha value is -1.91. The van der Waals surface area contributed by atoms with Gasteiger partial charge in [0.25, 0.3) is 0 Å². The van der Waals surface area contributed by atoms with Gasteiger partial charge < -0.3 is 5.32 Å². The molecule has 0 aliphatic heterocycles. The predicted octanol–water partition coefficient (Wildman–Crippen LogP) is 2.87. The van der Waals surface area contributed by atoms with Gasteiger partial charge in [-0.3, -0.25) is 4.68 Å². The van der Waals surface area contributed by atoms with Crippen LogP contribution in [0, 0.1) is 11.6 Å². The van der Waals surface area contributed by atoms with Crippen LogP contribution in [0.25, 0.3) is 0 Å². The molecule has 3 nitrogen and oxygen atoms in total. The number of benzene rings is 1. The van der Waals surface area contributed by atoms with E-state index < -0.39 is 11.6 Å². The SMILES string of the molecule is CCc1cc(CNc2ccc(F)c(F)c2)n(C)n1. The highest BCUT2D eigenvalue weighted by Crippen LogP contribution is 2.14. The topological polar surface area (TPSA) is 29.9 Å². The number of hydrogen-bond donors (Lipinski definition) is 1. The second-order valence-corrected chi connectivity index (χ2v) is 4.09. The van der Waals surface area contributed by atoms with Gasteiger partial charge in [-0.2, -0.15) is 5.10 Å². The van der Waals surface area contributed by atoms with Crippen LogP contribution in [-0.2, 0) is 20.0 Å². The van der Waals surface area contributed by atoms with E-state index in [4.69, 9.17) is 0 Å². The lowest BCUT2D eigenvalue weighted by molar-refractivity contribution is 0.509. The zero-order valence-corrected chi connectivity index (χ0v) is 10.4. The molecular weight excluding hydrogens is 236 g/mol. The molecule has 0 spiro atoms. The molecule has 0 aliphatic carbocycles. The molecule has 0 saturated heterocycles. The van der Waals surface area contributed by atoms with Gasteiger partial charge >= 0.3 is 0 Å². The van der Waals surface area contributed by atoms with E-state index in [2.05, 4.69) is 10.4 Å². The fraction of sp³-hybridized carbons (Fsp3) is 0.308. The van der Waals surface area contributed by atoms with E-state index in [1.54, 1.807) is 4.68 Å². The number of anilines is 1. The van der Waals surface area contributed by atoms with Crippen LogP contribution in [0.3, 0.4) is 0 Å². The molecule has 18 heavy (non-hydrogen) atoms. The number of aromatic nitrogens is 2. The van der Waals surface area contributed by atoms with E-state index in [1.165, 1.54) is 6.07 Å². The summed E-state index contributed by atoms with van der Waals surface area (Å²) in [4.78, 5) is 0. The minimum atomic E-state index is -0.848. The Labute approximate surface area is 104 Å². The van der Waals surface area contributed by atoms with Crippen molar-refractivity contribution in [2.45, 2.75) is 19.9 Å². The summed E-state index contributed by atoms with van der Waals surface area (Å²) in [5, 5.41) is 7.36. The van der Waals surface area contributed by atoms with Gasteiger partial charge in [0, 0.05) is 18.8 Å². The number of aryl methyl sites for hydroxylation is 2. The molecule has 1 aromatic carbocycles. The van der Waals surface area contributed by atoms with Crippen molar-refractivity contribution in [1.29, 1.82) is 0 Å². The van der Waals surface area contributed by atoms with Crippen molar-refractivity contribution in [3.8, 4) is 0 Å². The zero-order chi connectivity index (χ0) is 13.1. The van der Waals surface area contributed by atoms with E-state index in [0.29, 0.717) is 12.2 Å². The first-order chi connectivity index (χ1) is 8.60. The number of rotatable bonds is 4. The molecule has 0 bridgehead atoms. The minimum absolute atomic E-state index is 0.522. The van der Waals surface area contributed by atoms with Crippen LogP contribution >= 0.6 is 0 Å². The van der Waals surface area contributed by atoms with E-state index in [1.807, 2.05) is 20.0 Å². The highest BCUT2D eigenvalue weighted by Gasteiger charge is 2.05. The molecule has 0 saturated carbocycles. The molecule has 1 aromatic heterocycles. The molecule has 0 amide bonds. The summed E-state index contributed by atoms with van der Waals surface area (Å²) in [5.41, 5.74) is 2.56. The summed E-state index contributed by atoms with van der Waals surface area (Å²) in [5.74, 6) is -1.69. The largest absolute Gasteiger partial charge is 0.379 e. The Morgan fingerprint density at radius 2 is 2.00 bits per heavy atom. The maximum Gasteiger partial charge on any atom is 0.160 e. The molecule has 96 valence electrons.